The van der Waals surface area contributed by atoms with Crippen molar-refractivity contribution in [3.05, 3.63) is 30.3 Å². The minimum absolute atomic E-state index is 0.290. The summed E-state index contributed by atoms with van der Waals surface area (Å²) < 4.78 is 32.1. The molecule has 0 fully saturated rings. The van der Waals surface area contributed by atoms with E-state index in [4.69, 9.17) is 0 Å². The number of hydrogen-bond donors (Lipinski definition) is 0. The molecule has 0 heterocycles. The average Bonchev–Trinajstić information content (AvgIpc) is 2.17. The Balaban J connectivity index is 2.59. The van der Waals surface area contributed by atoms with Crippen molar-refractivity contribution < 1.29 is 13.0 Å². The molecule has 0 saturated carbocycles. The van der Waals surface area contributed by atoms with E-state index in [1.165, 1.54) is 0 Å². The number of quaternary nitrogens is 1. The molecule has 0 saturated heterocycles. The zero-order valence-corrected chi connectivity index (χ0v) is 10.4. The first kappa shape index (κ1) is 13.2. The van der Waals surface area contributed by atoms with Crippen LogP contribution in [-0.4, -0.2) is 39.4 Å². The lowest BCUT2D eigenvalue weighted by molar-refractivity contribution is 0.393. The number of rotatable bonds is 5. The first-order chi connectivity index (χ1) is 7.31. The molecule has 0 radical (unpaired) electrons. The number of benzene rings is 1. The largest absolute Gasteiger partial charge is 0.748 e. The number of para-hydroxylation sites is 1. The van der Waals surface area contributed by atoms with Gasteiger partial charge in [0.25, 0.3) is 0 Å². The van der Waals surface area contributed by atoms with Gasteiger partial charge in [0.2, 0.25) is 0 Å². The molecule has 4 nitrogen and oxygen atoms in total. The van der Waals surface area contributed by atoms with E-state index >= 15 is 0 Å². The minimum Gasteiger partial charge on any atom is -0.748 e. The number of hydrogen-bond acceptors (Lipinski definition) is 3. The Kier molecular flexibility index (Phi) is 4.07. The Labute approximate surface area is 96.9 Å². The van der Waals surface area contributed by atoms with Gasteiger partial charge in [0.1, 0.15) is 5.69 Å². The molecule has 1 rings (SSSR count). The van der Waals surface area contributed by atoms with E-state index in [2.05, 4.69) is 0 Å². The fraction of sp³-hybridized carbons (Fsp3) is 0.455. The normalized spacial score (nSPS) is 12.7. The van der Waals surface area contributed by atoms with Crippen molar-refractivity contribution in [2.75, 3.05) is 26.4 Å². The van der Waals surface area contributed by atoms with Crippen molar-refractivity contribution in [3.8, 4) is 0 Å². The summed E-state index contributed by atoms with van der Waals surface area (Å²) in [6, 6.07) is 9.81. The maximum atomic E-state index is 10.5. The van der Waals surface area contributed by atoms with Crippen LogP contribution in [0, 0.1) is 0 Å². The lowest BCUT2D eigenvalue weighted by atomic mass is 10.2. The SMILES string of the molecule is C[N+](C)(CCCS(=O)(=O)[O-])c1ccccc1. The van der Waals surface area contributed by atoms with Gasteiger partial charge in [-0.05, 0) is 12.1 Å². The molecule has 0 aliphatic carbocycles. The smallest absolute Gasteiger partial charge is 0.132 e. The van der Waals surface area contributed by atoms with Gasteiger partial charge in [0, 0.05) is 12.2 Å². The second kappa shape index (κ2) is 4.95. The summed E-state index contributed by atoms with van der Waals surface area (Å²) in [7, 11) is -0.103. The van der Waals surface area contributed by atoms with Crippen molar-refractivity contribution in [2.45, 2.75) is 6.42 Å². The van der Waals surface area contributed by atoms with Crippen molar-refractivity contribution in [1.29, 1.82) is 0 Å². The molecule has 0 aliphatic rings. The molecule has 5 heteroatoms. The summed E-state index contributed by atoms with van der Waals surface area (Å²) >= 11 is 0. The van der Waals surface area contributed by atoms with Crippen LogP contribution in [0.5, 0.6) is 0 Å². The third kappa shape index (κ3) is 4.30. The molecule has 0 unspecified atom stereocenters. The van der Waals surface area contributed by atoms with Crippen molar-refractivity contribution in [2.24, 2.45) is 0 Å². The molecule has 0 aromatic heterocycles. The molecule has 0 amide bonds. The molecule has 0 spiro atoms. The van der Waals surface area contributed by atoms with E-state index in [9.17, 15) is 13.0 Å². The average molecular weight is 243 g/mol. The third-order valence-electron chi connectivity index (χ3n) is 2.57. The third-order valence-corrected chi connectivity index (χ3v) is 3.36. The van der Waals surface area contributed by atoms with Gasteiger partial charge in [0.15, 0.2) is 0 Å². The van der Waals surface area contributed by atoms with E-state index in [1.807, 2.05) is 44.4 Å². The van der Waals surface area contributed by atoms with E-state index in [-0.39, 0.29) is 5.75 Å². The second-order valence-corrected chi connectivity index (χ2v) is 5.88. The predicted molar refractivity (Wildman–Crippen MR) is 64.1 cm³/mol. The first-order valence-electron chi connectivity index (χ1n) is 5.13. The highest BCUT2D eigenvalue weighted by atomic mass is 32.2. The van der Waals surface area contributed by atoms with E-state index in [0.717, 1.165) is 5.69 Å². The molecule has 16 heavy (non-hydrogen) atoms. The van der Waals surface area contributed by atoms with Gasteiger partial charge >= 0.3 is 0 Å². The molecule has 0 atom stereocenters. The van der Waals surface area contributed by atoms with Gasteiger partial charge in [-0.1, -0.05) is 18.2 Å². The van der Waals surface area contributed by atoms with E-state index in [0.29, 0.717) is 17.4 Å². The lowest BCUT2D eigenvalue weighted by Crippen LogP contribution is -2.41. The van der Waals surface area contributed by atoms with Crippen LogP contribution in [-0.2, 0) is 10.1 Å². The number of nitrogens with zero attached hydrogens (tertiary/aromatic N) is 1. The van der Waals surface area contributed by atoms with E-state index < -0.39 is 10.1 Å². The van der Waals surface area contributed by atoms with E-state index in [1.54, 1.807) is 0 Å². The predicted octanol–water partition coefficient (Wildman–Crippen LogP) is 1.19. The summed E-state index contributed by atoms with van der Waals surface area (Å²) in [6.45, 7) is 0.630. The quantitative estimate of drug-likeness (QED) is 0.576. The second-order valence-electron chi connectivity index (χ2n) is 4.36. The van der Waals surface area contributed by atoms with Crippen LogP contribution >= 0.6 is 0 Å². The van der Waals surface area contributed by atoms with Crippen LogP contribution in [0.25, 0.3) is 0 Å². The Morgan fingerprint density at radius 3 is 2.25 bits per heavy atom. The van der Waals surface area contributed by atoms with Crippen molar-refractivity contribution in [1.82, 2.24) is 4.48 Å². The van der Waals surface area contributed by atoms with Crippen molar-refractivity contribution >= 4 is 15.8 Å². The molecular weight excluding hydrogens is 226 g/mol. The van der Waals surface area contributed by atoms with Gasteiger partial charge < -0.3 is 4.55 Å². The van der Waals surface area contributed by atoms with Crippen LogP contribution < -0.4 is 4.48 Å². The zero-order valence-electron chi connectivity index (χ0n) is 9.59. The fourth-order valence-electron chi connectivity index (χ4n) is 1.60. The molecule has 0 bridgehead atoms. The maximum absolute atomic E-state index is 10.5. The molecule has 1 aromatic rings. The monoisotopic (exact) mass is 243 g/mol. The highest BCUT2D eigenvalue weighted by Crippen LogP contribution is 2.18. The molecular formula is C11H17NO3S. The summed E-state index contributed by atoms with van der Waals surface area (Å²) in [5.41, 5.74) is 1.10. The van der Waals surface area contributed by atoms with Crippen LogP contribution in [0.4, 0.5) is 5.69 Å². The van der Waals surface area contributed by atoms with Gasteiger partial charge in [-0.3, -0.25) is 4.48 Å². The van der Waals surface area contributed by atoms with Gasteiger partial charge in [-0.2, -0.15) is 0 Å². The molecule has 0 aliphatic heterocycles. The Morgan fingerprint density at radius 1 is 1.19 bits per heavy atom. The summed E-state index contributed by atoms with van der Waals surface area (Å²) in [6.07, 6.45) is 0.383. The van der Waals surface area contributed by atoms with Crippen LogP contribution in [0.2, 0.25) is 0 Å². The Hall–Kier alpha value is -0.910. The highest BCUT2D eigenvalue weighted by molar-refractivity contribution is 7.85. The minimum atomic E-state index is -4.09. The summed E-state index contributed by atoms with van der Waals surface area (Å²) in [4.78, 5) is 0. The Bertz CT molecular complexity index is 426. The van der Waals surface area contributed by atoms with Crippen LogP contribution in [0.1, 0.15) is 6.42 Å². The first-order valence-corrected chi connectivity index (χ1v) is 6.71. The standard InChI is InChI=1S/C11H17NO3S/c1-12(2,9-6-10-16(13,14)15)11-7-4-3-5-8-11/h3-5,7-8H,6,9-10H2,1-2H3. The summed E-state index contributed by atoms with van der Waals surface area (Å²) in [5, 5.41) is 0. The van der Waals surface area contributed by atoms with Crippen LogP contribution in [0.3, 0.4) is 0 Å². The summed E-state index contributed by atoms with van der Waals surface area (Å²) in [5.74, 6) is -0.290. The van der Waals surface area contributed by atoms with Gasteiger partial charge in [-0.25, -0.2) is 8.42 Å². The van der Waals surface area contributed by atoms with Gasteiger partial charge in [-0.15, -0.1) is 0 Å². The molecule has 90 valence electrons. The lowest BCUT2D eigenvalue weighted by Gasteiger charge is -2.29. The molecule has 0 N–H and O–H groups in total. The van der Waals surface area contributed by atoms with Crippen LogP contribution in [0.15, 0.2) is 30.3 Å². The fourth-order valence-corrected chi connectivity index (χ4v) is 2.08. The topological polar surface area (TPSA) is 57.2 Å². The van der Waals surface area contributed by atoms with Crippen molar-refractivity contribution in [3.63, 3.8) is 0 Å². The van der Waals surface area contributed by atoms with Gasteiger partial charge in [0.05, 0.1) is 30.8 Å². The highest BCUT2D eigenvalue weighted by Gasteiger charge is 2.17. The Morgan fingerprint density at radius 2 is 1.75 bits per heavy atom. The molecule has 1 aromatic carbocycles. The maximum Gasteiger partial charge on any atom is 0.132 e. The zero-order chi connectivity index (χ0) is 12.2.